The average molecular weight is 658 g/mol. The summed E-state index contributed by atoms with van der Waals surface area (Å²) in [6.07, 6.45) is -4.22. The predicted molar refractivity (Wildman–Crippen MR) is 173 cm³/mol. The van der Waals surface area contributed by atoms with Gasteiger partial charge in [-0.3, -0.25) is 14.4 Å². The molecule has 2 N–H and O–H groups in total. The van der Waals surface area contributed by atoms with E-state index in [4.69, 9.17) is 0 Å². The van der Waals surface area contributed by atoms with Gasteiger partial charge in [0.25, 0.3) is 5.56 Å². The van der Waals surface area contributed by atoms with Crippen LogP contribution < -0.4 is 10.9 Å². The number of likely N-dealkylation sites (tertiary alicyclic amines) is 1. The fourth-order valence-corrected chi connectivity index (χ4v) is 6.53. The Balaban J connectivity index is 1.76. The number of halogens is 4. The molecule has 0 spiro atoms. The summed E-state index contributed by atoms with van der Waals surface area (Å²) in [5, 5.41) is 12.4. The molecular formula is C36H43F4N3O4. The van der Waals surface area contributed by atoms with Crippen LogP contribution in [0, 0.1) is 38.4 Å². The second kappa shape index (κ2) is 14.4. The van der Waals surface area contributed by atoms with E-state index in [1.54, 1.807) is 26.8 Å². The standard InChI is InChI=1S/C36H43F4N3O4/c1-20(2)12-30(43-19-25(10-11-42-17-21(3)18-42)28(15-31(43)44)36(38,39)40)35(47)41-29(16-32(45)46)27-14-26(13-24(6)34(27)37)33-22(4)8-7-9-23(33)5/h7-9,13-15,19-21,29-30H,10-12,16-18H2,1-6H3,(H,41,47)(H,45,46). The van der Waals surface area contributed by atoms with Gasteiger partial charge in [-0.05, 0) is 91.0 Å². The van der Waals surface area contributed by atoms with Crippen molar-refractivity contribution in [1.82, 2.24) is 14.8 Å². The third-order valence-electron chi connectivity index (χ3n) is 8.76. The number of hydrogen-bond donors (Lipinski definition) is 2. The van der Waals surface area contributed by atoms with E-state index in [0.717, 1.165) is 40.5 Å². The van der Waals surface area contributed by atoms with E-state index in [9.17, 15) is 32.7 Å². The van der Waals surface area contributed by atoms with Gasteiger partial charge in [-0.2, -0.15) is 13.2 Å². The molecule has 2 atom stereocenters. The van der Waals surface area contributed by atoms with Crippen LogP contribution in [0.25, 0.3) is 11.1 Å². The minimum absolute atomic E-state index is 0.0229. The van der Waals surface area contributed by atoms with Crippen LogP contribution in [-0.2, 0) is 22.2 Å². The number of rotatable bonds is 12. The minimum Gasteiger partial charge on any atom is -0.481 e. The fourth-order valence-electron chi connectivity index (χ4n) is 6.53. The molecule has 4 rings (SSSR count). The highest BCUT2D eigenvalue weighted by atomic mass is 19.4. The number of carbonyl (C=O) groups excluding carboxylic acids is 1. The van der Waals surface area contributed by atoms with Crippen molar-refractivity contribution in [3.8, 4) is 11.1 Å². The second-order valence-electron chi connectivity index (χ2n) is 13.3. The summed E-state index contributed by atoms with van der Waals surface area (Å²) < 4.78 is 58.9. The van der Waals surface area contributed by atoms with E-state index in [0.29, 0.717) is 24.1 Å². The minimum atomic E-state index is -4.77. The first-order valence-corrected chi connectivity index (χ1v) is 15.9. The summed E-state index contributed by atoms with van der Waals surface area (Å²) in [6.45, 7) is 12.9. The number of carboxylic acid groups (broad SMARTS) is 1. The molecule has 0 aliphatic carbocycles. The molecule has 1 aromatic heterocycles. The molecule has 11 heteroatoms. The van der Waals surface area contributed by atoms with Gasteiger partial charge < -0.3 is 19.9 Å². The van der Waals surface area contributed by atoms with Crippen LogP contribution in [-0.4, -0.2) is 46.1 Å². The number of alkyl halides is 3. The number of pyridine rings is 1. The molecule has 1 saturated heterocycles. The molecule has 0 saturated carbocycles. The van der Waals surface area contributed by atoms with Gasteiger partial charge in [0.05, 0.1) is 18.0 Å². The number of aromatic nitrogens is 1. The van der Waals surface area contributed by atoms with Crippen LogP contribution in [0.15, 0.2) is 47.4 Å². The van der Waals surface area contributed by atoms with E-state index in [1.165, 1.54) is 6.07 Å². The SMILES string of the molecule is Cc1cc(-c2c(C)cccc2C)cc(C(CC(=O)O)NC(=O)C(CC(C)C)n2cc(CCN3CC(C)C3)c(C(F)(F)F)cc2=O)c1F. The van der Waals surface area contributed by atoms with Gasteiger partial charge >= 0.3 is 12.1 Å². The maximum absolute atomic E-state index is 15.8. The van der Waals surface area contributed by atoms with E-state index >= 15 is 4.39 Å². The van der Waals surface area contributed by atoms with E-state index < -0.39 is 53.5 Å². The van der Waals surface area contributed by atoms with Gasteiger partial charge in [-0.25, -0.2) is 4.39 Å². The lowest BCUT2D eigenvalue weighted by molar-refractivity contribution is -0.139. The molecule has 2 aromatic carbocycles. The van der Waals surface area contributed by atoms with Crippen molar-refractivity contribution >= 4 is 11.9 Å². The summed E-state index contributed by atoms with van der Waals surface area (Å²) in [5.74, 6) is -2.47. The summed E-state index contributed by atoms with van der Waals surface area (Å²) in [5.41, 5.74) is 1.43. The topological polar surface area (TPSA) is 91.6 Å². The Bertz CT molecular complexity index is 1670. The van der Waals surface area contributed by atoms with Gasteiger partial charge in [0.2, 0.25) is 5.91 Å². The highest BCUT2D eigenvalue weighted by Gasteiger charge is 2.36. The van der Waals surface area contributed by atoms with Gasteiger partial charge in [-0.1, -0.05) is 39.0 Å². The van der Waals surface area contributed by atoms with Crippen LogP contribution in [0.5, 0.6) is 0 Å². The number of benzene rings is 2. The number of carbonyl (C=O) groups is 2. The molecule has 47 heavy (non-hydrogen) atoms. The summed E-state index contributed by atoms with van der Waals surface area (Å²) in [7, 11) is 0. The Morgan fingerprint density at radius 2 is 1.68 bits per heavy atom. The summed E-state index contributed by atoms with van der Waals surface area (Å²) >= 11 is 0. The number of hydrogen-bond acceptors (Lipinski definition) is 4. The molecule has 0 radical (unpaired) electrons. The zero-order valence-corrected chi connectivity index (χ0v) is 27.7. The monoisotopic (exact) mass is 657 g/mol. The zero-order chi connectivity index (χ0) is 34.8. The highest BCUT2D eigenvalue weighted by molar-refractivity contribution is 5.82. The Hall–Kier alpha value is -3.99. The molecular weight excluding hydrogens is 614 g/mol. The van der Waals surface area contributed by atoms with Crippen molar-refractivity contribution < 1.29 is 32.3 Å². The number of aryl methyl sites for hydroxylation is 3. The normalized spacial score (nSPS) is 15.4. The third-order valence-corrected chi connectivity index (χ3v) is 8.76. The van der Waals surface area contributed by atoms with E-state index in [-0.39, 0.29) is 35.4 Å². The fraction of sp³-hybridized carbons (Fsp3) is 0.472. The lowest BCUT2D eigenvalue weighted by Gasteiger charge is -2.37. The Kier molecular flexibility index (Phi) is 11.0. The number of nitrogens with one attached hydrogen (secondary N) is 1. The second-order valence-corrected chi connectivity index (χ2v) is 13.3. The highest BCUT2D eigenvalue weighted by Crippen LogP contribution is 2.35. The maximum atomic E-state index is 15.8. The number of amides is 1. The van der Waals surface area contributed by atoms with E-state index in [1.807, 2.05) is 36.9 Å². The Labute approximate surface area is 272 Å². The molecule has 1 fully saturated rings. The lowest BCUT2D eigenvalue weighted by atomic mass is 9.90. The number of aliphatic carboxylic acids is 1. The Morgan fingerprint density at radius 3 is 2.23 bits per heavy atom. The molecule has 2 unspecified atom stereocenters. The zero-order valence-electron chi connectivity index (χ0n) is 27.7. The van der Waals surface area contributed by atoms with Gasteiger partial charge in [0, 0.05) is 37.5 Å². The van der Waals surface area contributed by atoms with Crippen molar-refractivity contribution in [2.24, 2.45) is 11.8 Å². The maximum Gasteiger partial charge on any atom is 0.416 e. The van der Waals surface area contributed by atoms with Crippen molar-refractivity contribution in [3.63, 3.8) is 0 Å². The molecule has 3 aromatic rings. The molecule has 1 amide bonds. The van der Waals surface area contributed by atoms with Crippen LogP contribution in [0.2, 0.25) is 0 Å². The van der Waals surface area contributed by atoms with Crippen LogP contribution in [0.3, 0.4) is 0 Å². The smallest absolute Gasteiger partial charge is 0.416 e. The van der Waals surface area contributed by atoms with Crippen molar-refractivity contribution in [2.75, 3.05) is 19.6 Å². The predicted octanol–water partition coefficient (Wildman–Crippen LogP) is 7.01. The molecule has 7 nitrogen and oxygen atoms in total. The Morgan fingerprint density at radius 1 is 1.04 bits per heavy atom. The van der Waals surface area contributed by atoms with E-state index in [2.05, 4.69) is 12.2 Å². The largest absolute Gasteiger partial charge is 0.481 e. The van der Waals surface area contributed by atoms with Gasteiger partial charge in [0.15, 0.2) is 0 Å². The number of carboxylic acids is 1. The van der Waals surface area contributed by atoms with Crippen LogP contribution >= 0.6 is 0 Å². The molecule has 1 aliphatic rings. The summed E-state index contributed by atoms with van der Waals surface area (Å²) in [6, 6.07) is 6.85. The van der Waals surface area contributed by atoms with Crippen molar-refractivity contribution in [2.45, 2.75) is 79.1 Å². The molecule has 0 bridgehead atoms. The molecule has 1 aliphatic heterocycles. The average Bonchev–Trinajstić information content (AvgIpc) is 2.94. The molecule has 254 valence electrons. The first-order chi connectivity index (χ1) is 22.0. The number of nitrogens with zero attached hydrogens (tertiary/aromatic N) is 2. The first kappa shape index (κ1) is 35.9. The lowest BCUT2D eigenvalue weighted by Crippen LogP contribution is -2.46. The van der Waals surface area contributed by atoms with Crippen molar-refractivity contribution in [1.29, 1.82) is 0 Å². The van der Waals surface area contributed by atoms with Crippen molar-refractivity contribution in [3.05, 3.63) is 92.1 Å². The van der Waals surface area contributed by atoms with Gasteiger partial charge in [0.1, 0.15) is 11.9 Å². The van der Waals surface area contributed by atoms with Crippen LogP contribution in [0.4, 0.5) is 17.6 Å². The van der Waals surface area contributed by atoms with Crippen LogP contribution in [0.1, 0.15) is 79.1 Å². The quantitative estimate of drug-likeness (QED) is 0.205. The summed E-state index contributed by atoms with van der Waals surface area (Å²) in [4.78, 5) is 41.3. The van der Waals surface area contributed by atoms with Gasteiger partial charge in [-0.15, -0.1) is 0 Å². The molecule has 2 heterocycles. The third kappa shape index (κ3) is 8.49. The first-order valence-electron chi connectivity index (χ1n) is 15.9.